The average Bonchev–Trinajstić information content (AvgIpc) is 2.31. The van der Waals surface area contributed by atoms with Crippen LogP contribution in [0.5, 0.6) is 0 Å². The van der Waals surface area contributed by atoms with Gasteiger partial charge >= 0.3 is 0 Å². The molecular formula is C14H34N2Si. The highest BCUT2D eigenvalue weighted by molar-refractivity contribution is 6.74. The van der Waals surface area contributed by atoms with Crippen LogP contribution in [0.1, 0.15) is 46.5 Å². The SMILES string of the molecule is CCCCN(CCCC)CCN[Si](C)(C)CC. The molecule has 0 aliphatic carbocycles. The van der Waals surface area contributed by atoms with E-state index in [1.54, 1.807) is 0 Å². The molecule has 3 heteroatoms. The molecule has 0 bridgehead atoms. The number of hydrogen-bond donors (Lipinski definition) is 1. The van der Waals surface area contributed by atoms with Crippen molar-refractivity contribution in [1.29, 1.82) is 0 Å². The van der Waals surface area contributed by atoms with Gasteiger partial charge in [-0.3, -0.25) is 0 Å². The third-order valence-corrected chi connectivity index (χ3v) is 6.55. The molecule has 0 heterocycles. The van der Waals surface area contributed by atoms with Crippen LogP contribution in [0.2, 0.25) is 19.1 Å². The predicted molar refractivity (Wildman–Crippen MR) is 82.2 cm³/mol. The minimum absolute atomic E-state index is 1.08. The molecule has 104 valence electrons. The summed E-state index contributed by atoms with van der Waals surface area (Å²) in [4.78, 5) is 6.43. The zero-order valence-corrected chi connectivity index (χ0v) is 13.8. The van der Waals surface area contributed by atoms with Crippen molar-refractivity contribution in [1.82, 2.24) is 9.88 Å². The fourth-order valence-corrected chi connectivity index (χ4v) is 2.81. The van der Waals surface area contributed by atoms with E-state index >= 15 is 0 Å². The van der Waals surface area contributed by atoms with Crippen molar-refractivity contribution in [2.24, 2.45) is 0 Å². The van der Waals surface area contributed by atoms with E-state index in [1.807, 2.05) is 0 Å². The van der Waals surface area contributed by atoms with Crippen molar-refractivity contribution in [2.75, 3.05) is 26.2 Å². The first-order chi connectivity index (χ1) is 8.05. The summed E-state index contributed by atoms with van der Waals surface area (Å²) in [5.41, 5.74) is 0. The summed E-state index contributed by atoms with van der Waals surface area (Å²) in [6, 6.07) is 1.33. The van der Waals surface area contributed by atoms with Crippen LogP contribution in [-0.2, 0) is 0 Å². The number of unbranched alkanes of at least 4 members (excludes halogenated alkanes) is 2. The fraction of sp³-hybridized carbons (Fsp3) is 1.00. The molecule has 0 unspecified atom stereocenters. The van der Waals surface area contributed by atoms with Gasteiger partial charge in [0.1, 0.15) is 8.24 Å². The Hall–Kier alpha value is 0.137. The van der Waals surface area contributed by atoms with Crippen molar-refractivity contribution < 1.29 is 0 Å². The Kier molecular flexibility index (Phi) is 10.2. The molecular weight excluding hydrogens is 224 g/mol. The zero-order chi connectivity index (χ0) is 13.1. The van der Waals surface area contributed by atoms with E-state index in [2.05, 4.69) is 43.7 Å². The molecule has 0 saturated heterocycles. The Bertz CT molecular complexity index is 164. The van der Waals surface area contributed by atoms with Gasteiger partial charge in [-0.2, -0.15) is 0 Å². The van der Waals surface area contributed by atoms with Gasteiger partial charge in [-0.15, -0.1) is 0 Å². The van der Waals surface area contributed by atoms with Gasteiger partial charge < -0.3 is 9.88 Å². The van der Waals surface area contributed by atoms with Gasteiger partial charge in [0.05, 0.1) is 0 Å². The van der Waals surface area contributed by atoms with Crippen LogP contribution in [0.25, 0.3) is 0 Å². The van der Waals surface area contributed by atoms with Crippen LogP contribution in [-0.4, -0.2) is 39.3 Å². The average molecular weight is 259 g/mol. The summed E-state index contributed by atoms with van der Waals surface area (Å²) >= 11 is 0. The Balaban J connectivity index is 3.81. The van der Waals surface area contributed by atoms with E-state index in [4.69, 9.17) is 0 Å². The van der Waals surface area contributed by atoms with Crippen LogP contribution < -0.4 is 4.98 Å². The molecule has 0 spiro atoms. The minimum atomic E-state index is -1.08. The van der Waals surface area contributed by atoms with Gasteiger partial charge in [-0.05, 0) is 32.0 Å². The summed E-state index contributed by atoms with van der Waals surface area (Å²) in [6.07, 6.45) is 5.31. The van der Waals surface area contributed by atoms with Crippen molar-refractivity contribution >= 4 is 8.24 Å². The lowest BCUT2D eigenvalue weighted by Crippen LogP contribution is -2.47. The summed E-state index contributed by atoms with van der Waals surface area (Å²) in [5, 5.41) is 0. The Morgan fingerprint density at radius 3 is 1.82 bits per heavy atom. The zero-order valence-electron chi connectivity index (χ0n) is 12.8. The smallest absolute Gasteiger partial charge is 0.119 e. The van der Waals surface area contributed by atoms with Crippen molar-refractivity contribution in [3.05, 3.63) is 0 Å². The van der Waals surface area contributed by atoms with Gasteiger partial charge in [-0.25, -0.2) is 0 Å². The van der Waals surface area contributed by atoms with E-state index < -0.39 is 8.24 Å². The Morgan fingerprint density at radius 2 is 1.41 bits per heavy atom. The Morgan fingerprint density at radius 1 is 0.882 bits per heavy atom. The van der Waals surface area contributed by atoms with Gasteiger partial charge in [-0.1, -0.05) is 46.7 Å². The van der Waals surface area contributed by atoms with Crippen LogP contribution in [0.15, 0.2) is 0 Å². The van der Waals surface area contributed by atoms with Gasteiger partial charge in [0.25, 0.3) is 0 Å². The summed E-state index contributed by atoms with van der Waals surface area (Å²) in [5.74, 6) is 0. The van der Waals surface area contributed by atoms with E-state index in [0.29, 0.717) is 0 Å². The highest BCUT2D eigenvalue weighted by atomic mass is 28.3. The van der Waals surface area contributed by atoms with Crippen molar-refractivity contribution in [3.63, 3.8) is 0 Å². The first-order valence-corrected chi connectivity index (χ1v) is 10.7. The molecule has 0 rings (SSSR count). The molecule has 0 radical (unpaired) electrons. The third kappa shape index (κ3) is 9.80. The molecule has 1 N–H and O–H groups in total. The van der Waals surface area contributed by atoms with E-state index in [0.717, 1.165) is 0 Å². The molecule has 0 aromatic rings. The maximum atomic E-state index is 3.79. The molecule has 0 aromatic carbocycles. The molecule has 2 nitrogen and oxygen atoms in total. The molecule has 0 aromatic heterocycles. The predicted octanol–water partition coefficient (Wildman–Crippen LogP) is 3.70. The number of nitrogens with one attached hydrogen (secondary N) is 1. The highest BCUT2D eigenvalue weighted by Crippen LogP contribution is 2.03. The first-order valence-electron chi connectivity index (χ1n) is 7.53. The maximum Gasteiger partial charge on any atom is 0.119 e. The molecule has 0 aliphatic heterocycles. The Labute approximate surface area is 110 Å². The lowest BCUT2D eigenvalue weighted by atomic mass is 10.2. The quantitative estimate of drug-likeness (QED) is 0.569. The molecule has 17 heavy (non-hydrogen) atoms. The number of hydrogen-bond acceptors (Lipinski definition) is 2. The maximum absolute atomic E-state index is 3.79. The molecule has 0 saturated carbocycles. The van der Waals surface area contributed by atoms with Crippen LogP contribution in [0.4, 0.5) is 0 Å². The lowest BCUT2D eigenvalue weighted by Gasteiger charge is -2.26. The first kappa shape index (κ1) is 17.1. The van der Waals surface area contributed by atoms with Crippen molar-refractivity contribution in [2.45, 2.75) is 65.6 Å². The molecule has 0 amide bonds. The number of rotatable bonds is 11. The lowest BCUT2D eigenvalue weighted by molar-refractivity contribution is 0.269. The van der Waals surface area contributed by atoms with Crippen LogP contribution >= 0.6 is 0 Å². The standard InChI is InChI=1S/C14H34N2Si/c1-6-9-12-16(13-10-7-2)14-11-15-17(4,5)8-3/h15H,6-14H2,1-5H3. The van der Waals surface area contributed by atoms with E-state index in [-0.39, 0.29) is 0 Å². The van der Waals surface area contributed by atoms with Crippen LogP contribution in [0, 0.1) is 0 Å². The van der Waals surface area contributed by atoms with Gasteiger partial charge in [0.15, 0.2) is 0 Å². The molecule has 0 aliphatic rings. The van der Waals surface area contributed by atoms with Crippen molar-refractivity contribution in [3.8, 4) is 0 Å². The summed E-state index contributed by atoms with van der Waals surface area (Å²) in [7, 11) is -1.08. The molecule has 0 atom stereocenters. The summed E-state index contributed by atoms with van der Waals surface area (Å²) < 4.78 is 0. The largest absolute Gasteiger partial charge is 0.336 e. The van der Waals surface area contributed by atoms with Gasteiger partial charge in [0.2, 0.25) is 0 Å². The monoisotopic (exact) mass is 258 g/mol. The topological polar surface area (TPSA) is 15.3 Å². The second-order valence-corrected chi connectivity index (χ2v) is 10.5. The van der Waals surface area contributed by atoms with Crippen LogP contribution in [0.3, 0.4) is 0 Å². The molecule has 0 fully saturated rings. The second kappa shape index (κ2) is 10.1. The fourth-order valence-electron chi connectivity index (χ4n) is 1.78. The highest BCUT2D eigenvalue weighted by Gasteiger charge is 2.16. The van der Waals surface area contributed by atoms with Gasteiger partial charge in [0, 0.05) is 13.1 Å². The van der Waals surface area contributed by atoms with E-state index in [1.165, 1.54) is 57.9 Å². The summed E-state index contributed by atoms with van der Waals surface area (Å²) in [6.45, 7) is 16.7. The second-order valence-electron chi connectivity index (χ2n) is 5.71. The normalized spacial score (nSPS) is 12.4. The third-order valence-electron chi connectivity index (χ3n) is 3.57. The number of nitrogens with zero attached hydrogens (tertiary/aromatic N) is 1. The van der Waals surface area contributed by atoms with E-state index in [9.17, 15) is 0 Å². The minimum Gasteiger partial charge on any atom is -0.336 e.